The largest absolute Gasteiger partial charge is 0.382 e. The smallest absolute Gasteiger partial charge is 0.267 e. The fraction of sp³-hybridized carbons (Fsp3) is 0.250. The standard InChI is InChI=1S/C16H17N3O/c17-16(20)15-10-14(7-8-18-15)19-13-6-5-11-3-1-2-4-12(11)9-13/h1-4,7-8,10,13H,5-6,9H2,(H2,17,20)(H,18,19). The number of primary amides is 1. The van der Waals surface area contributed by atoms with Gasteiger partial charge in [-0.3, -0.25) is 9.78 Å². The van der Waals surface area contributed by atoms with Gasteiger partial charge in [-0.1, -0.05) is 24.3 Å². The van der Waals surface area contributed by atoms with Crippen molar-refractivity contribution in [3.05, 3.63) is 59.4 Å². The van der Waals surface area contributed by atoms with Gasteiger partial charge in [0, 0.05) is 17.9 Å². The molecule has 1 amide bonds. The highest BCUT2D eigenvalue weighted by molar-refractivity contribution is 5.91. The van der Waals surface area contributed by atoms with Crippen molar-refractivity contribution in [1.82, 2.24) is 4.98 Å². The number of nitrogens with two attached hydrogens (primary N) is 1. The monoisotopic (exact) mass is 267 g/mol. The van der Waals surface area contributed by atoms with Gasteiger partial charge in [0.05, 0.1) is 0 Å². The highest BCUT2D eigenvalue weighted by atomic mass is 16.1. The number of nitrogens with one attached hydrogen (secondary N) is 1. The lowest BCUT2D eigenvalue weighted by Gasteiger charge is -2.26. The minimum absolute atomic E-state index is 0.297. The van der Waals surface area contributed by atoms with Gasteiger partial charge in [0.2, 0.25) is 0 Å². The van der Waals surface area contributed by atoms with Gasteiger partial charge < -0.3 is 11.1 Å². The number of aromatic nitrogens is 1. The van der Waals surface area contributed by atoms with Gasteiger partial charge >= 0.3 is 0 Å². The van der Waals surface area contributed by atoms with Crippen LogP contribution in [-0.2, 0) is 12.8 Å². The summed E-state index contributed by atoms with van der Waals surface area (Å²) in [4.78, 5) is 15.1. The molecule has 0 saturated heterocycles. The van der Waals surface area contributed by atoms with Crippen molar-refractivity contribution in [3.8, 4) is 0 Å². The topological polar surface area (TPSA) is 68.0 Å². The SMILES string of the molecule is NC(=O)c1cc(NC2CCc3ccccc3C2)ccn1. The van der Waals surface area contributed by atoms with Gasteiger partial charge in [-0.05, 0) is 42.5 Å². The summed E-state index contributed by atoms with van der Waals surface area (Å²) >= 11 is 0. The summed E-state index contributed by atoms with van der Waals surface area (Å²) in [7, 11) is 0. The Morgan fingerprint density at radius 3 is 2.85 bits per heavy atom. The van der Waals surface area contributed by atoms with Crippen LogP contribution in [0.2, 0.25) is 0 Å². The first kappa shape index (κ1) is 12.7. The van der Waals surface area contributed by atoms with E-state index in [2.05, 4.69) is 34.6 Å². The number of rotatable bonds is 3. The number of benzene rings is 1. The maximum absolute atomic E-state index is 11.1. The molecule has 0 spiro atoms. The summed E-state index contributed by atoms with van der Waals surface area (Å²) in [6.07, 6.45) is 4.79. The minimum Gasteiger partial charge on any atom is -0.382 e. The summed E-state index contributed by atoms with van der Waals surface area (Å²) in [5.74, 6) is -0.498. The van der Waals surface area contributed by atoms with E-state index in [0.717, 1.165) is 24.9 Å². The summed E-state index contributed by atoms with van der Waals surface area (Å²) in [6, 6.07) is 12.5. The van der Waals surface area contributed by atoms with Crippen molar-refractivity contribution >= 4 is 11.6 Å². The number of amides is 1. The first-order valence-corrected chi connectivity index (χ1v) is 6.81. The Bertz CT molecular complexity index is 639. The first-order valence-electron chi connectivity index (χ1n) is 6.81. The average molecular weight is 267 g/mol. The predicted molar refractivity (Wildman–Crippen MR) is 78.6 cm³/mol. The Kier molecular flexibility index (Phi) is 3.37. The Hall–Kier alpha value is -2.36. The number of hydrogen-bond acceptors (Lipinski definition) is 3. The second-order valence-electron chi connectivity index (χ2n) is 5.15. The molecule has 102 valence electrons. The third kappa shape index (κ3) is 2.64. The highest BCUT2D eigenvalue weighted by Crippen LogP contribution is 2.23. The van der Waals surface area contributed by atoms with E-state index in [4.69, 9.17) is 5.73 Å². The summed E-state index contributed by atoms with van der Waals surface area (Å²) in [5, 5.41) is 3.47. The number of anilines is 1. The van der Waals surface area contributed by atoms with Gasteiger partial charge in [0.15, 0.2) is 0 Å². The van der Waals surface area contributed by atoms with E-state index in [-0.39, 0.29) is 0 Å². The predicted octanol–water partition coefficient (Wildman–Crippen LogP) is 2.15. The zero-order valence-electron chi connectivity index (χ0n) is 11.2. The van der Waals surface area contributed by atoms with Crippen LogP contribution >= 0.6 is 0 Å². The molecule has 3 N–H and O–H groups in total. The molecule has 0 saturated carbocycles. The van der Waals surface area contributed by atoms with E-state index in [1.165, 1.54) is 11.1 Å². The van der Waals surface area contributed by atoms with Crippen LogP contribution in [-0.4, -0.2) is 16.9 Å². The minimum atomic E-state index is -0.498. The molecule has 4 heteroatoms. The quantitative estimate of drug-likeness (QED) is 0.895. The molecule has 1 aliphatic carbocycles. The second kappa shape index (κ2) is 5.33. The normalized spacial score (nSPS) is 17.3. The van der Waals surface area contributed by atoms with Crippen molar-refractivity contribution in [2.24, 2.45) is 5.73 Å². The van der Waals surface area contributed by atoms with Crippen LogP contribution in [0.4, 0.5) is 5.69 Å². The van der Waals surface area contributed by atoms with E-state index in [1.54, 1.807) is 12.3 Å². The van der Waals surface area contributed by atoms with E-state index in [1.807, 2.05) is 6.07 Å². The second-order valence-corrected chi connectivity index (χ2v) is 5.15. The van der Waals surface area contributed by atoms with Crippen LogP contribution in [0.5, 0.6) is 0 Å². The summed E-state index contributed by atoms with van der Waals surface area (Å²) < 4.78 is 0. The van der Waals surface area contributed by atoms with Gasteiger partial charge in [0.25, 0.3) is 5.91 Å². The fourth-order valence-corrected chi connectivity index (χ4v) is 2.71. The molecule has 20 heavy (non-hydrogen) atoms. The van der Waals surface area contributed by atoms with Gasteiger partial charge in [-0.25, -0.2) is 0 Å². The van der Waals surface area contributed by atoms with E-state index < -0.39 is 5.91 Å². The van der Waals surface area contributed by atoms with E-state index in [9.17, 15) is 4.79 Å². The van der Waals surface area contributed by atoms with E-state index in [0.29, 0.717) is 11.7 Å². The maximum atomic E-state index is 11.1. The van der Waals surface area contributed by atoms with Crippen molar-refractivity contribution in [3.63, 3.8) is 0 Å². The number of hydrogen-bond donors (Lipinski definition) is 2. The molecule has 0 fully saturated rings. The number of fused-ring (bicyclic) bond motifs is 1. The van der Waals surface area contributed by atoms with Gasteiger partial charge in [0.1, 0.15) is 5.69 Å². The maximum Gasteiger partial charge on any atom is 0.267 e. The molecular formula is C16H17N3O. The number of carbonyl (C=O) groups excluding carboxylic acids is 1. The molecule has 3 rings (SSSR count). The lowest BCUT2D eigenvalue weighted by molar-refractivity contribution is 0.0995. The molecule has 1 atom stereocenters. The van der Waals surface area contributed by atoms with E-state index >= 15 is 0 Å². The summed E-state index contributed by atoms with van der Waals surface area (Å²) in [6.45, 7) is 0. The molecule has 1 heterocycles. The van der Waals surface area contributed by atoms with Crippen LogP contribution in [0.3, 0.4) is 0 Å². The van der Waals surface area contributed by atoms with Crippen LogP contribution in [0.15, 0.2) is 42.6 Å². The van der Waals surface area contributed by atoms with Crippen LogP contribution in [0, 0.1) is 0 Å². The zero-order chi connectivity index (χ0) is 13.9. The molecule has 1 aliphatic rings. The van der Waals surface area contributed by atoms with Crippen molar-refractivity contribution in [2.45, 2.75) is 25.3 Å². The van der Waals surface area contributed by atoms with Gasteiger partial charge in [-0.15, -0.1) is 0 Å². The molecule has 1 aromatic heterocycles. The lowest BCUT2D eigenvalue weighted by Crippen LogP contribution is -2.27. The first-order chi connectivity index (χ1) is 9.72. The number of aryl methyl sites for hydroxylation is 1. The van der Waals surface area contributed by atoms with Crippen molar-refractivity contribution in [1.29, 1.82) is 0 Å². The highest BCUT2D eigenvalue weighted by Gasteiger charge is 2.18. The number of nitrogens with zero attached hydrogens (tertiary/aromatic N) is 1. The molecule has 4 nitrogen and oxygen atoms in total. The number of carbonyl (C=O) groups is 1. The molecule has 1 aromatic carbocycles. The average Bonchev–Trinajstić information content (AvgIpc) is 2.47. The molecular weight excluding hydrogens is 250 g/mol. The molecule has 0 bridgehead atoms. The number of pyridine rings is 1. The molecule has 0 radical (unpaired) electrons. The molecule has 0 aliphatic heterocycles. The van der Waals surface area contributed by atoms with Crippen LogP contribution in [0.25, 0.3) is 0 Å². The fourth-order valence-electron chi connectivity index (χ4n) is 2.71. The summed E-state index contributed by atoms with van der Waals surface area (Å²) in [5.41, 5.74) is 9.29. The van der Waals surface area contributed by atoms with Crippen molar-refractivity contribution < 1.29 is 4.79 Å². The van der Waals surface area contributed by atoms with Crippen molar-refractivity contribution in [2.75, 3.05) is 5.32 Å². The Labute approximate surface area is 118 Å². The molecule has 1 unspecified atom stereocenters. The third-order valence-corrected chi connectivity index (χ3v) is 3.73. The van der Waals surface area contributed by atoms with Crippen LogP contribution in [0.1, 0.15) is 28.0 Å². The Balaban J connectivity index is 1.73. The van der Waals surface area contributed by atoms with Crippen LogP contribution < -0.4 is 11.1 Å². The Morgan fingerprint density at radius 2 is 2.05 bits per heavy atom. The Morgan fingerprint density at radius 1 is 1.25 bits per heavy atom. The van der Waals surface area contributed by atoms with Gasteiger partial charge in [-0.2, -0.15) is 0 Å². The zero-order valence-corrected chi connectivity index (χ0v) is 11.2. The molecule has 2 aromatic rings. The lowest BCUT2D eigenvalue weighted by atomic mass is 9.88. The third-order valence-electron chi connectivity index (χ3n) is 3.73.